The second-order valence-corrected chi connectivity index (χ2v) is 9.12. The molecule has 2 aromatic heterocycles. The van der Waals surface area contributed by atoms with E-state index in [9.17, 15) is 11.1 Å². The molecule has 2 aromatic rings. The predicted octanol–water partition coefficient (Wildman–Crippen LogP) is -2.02. The van der Waals surface area contributed by atoms with Gasteiger partial charge in [0.15, 0.2) is 0 Å². The van der Waals surface area contributed by atoms with Crippen molar-refractivity contribution < 1.29 is 57.1 Å². The first-order valence-corrected chi connectivity index (χ1v) is 11.6. The number of ether oxygens (including phenoxy) is 1. The molecule has 0 amide bonds. The molecule has 0 spiro atoms. The molecule has 0 unspecified atom stereocenters. The summed E-state index contributed by atoms with van der Waals surface area (Å²) in [6, 6.07) is 0. The van der Waals surface area contributed by atoms with Crippen LogP contribution < -0.4 is 5.73 Å². The van der Waals surface area contributed by atoms with Gasteiger partial charge in [0.2, 0.25) is 0 Å². The Hall–Kier alpha value is -0.342. The van der Waals surface area contributed by atoms with Crippen molar-refractivity contribution in [1.82, 2.24) is 19.5 Å². The van der Waals surface area contributed by atoms with E-state index < -0.39 is 60.8 Å². The van der Waals surface area contributed by atoms with Gasteiger partial charge in [-0.05, 0) is 0 Å². The standard InChI is InChI=1S/C9H10N5O3.H2O.Ra/c10-7-5-8(12-2-11-7)14(3-13-5)9-6(16)4(15)1-17-9;;/h1-4,6,9,15-16H,(H2,10,11,12);1H2;/q;;+1/p-1/t4-,6-,9-;;/m1../s1. The Morgan fingerprint density at radius 3 is 2.74 bits per heavy atom. The summed E-state index contributed by atoms with van der Waals surface area (Å²) >= 11 is -2.38. The van der Waals surface area contributed by atoms with E-state index >= 15 is 0 Å². The average Bonchev–Trinajstić information content (AvgIpc) is 2.94. The van der Waals surface area contributed by atoms with Crippen LogP contribution in [0.2, 0.25) is 0 Å². The van der Waals surface area contributed by atoms with Crippen molar-refractivity contribution in [3.8, 4) is 0 Å². The van der Waals surface area contributed by atoms with Crippen LogP contribution in [-0.2, 0) is 4.74 Å². The number of nitrogen functional groups attached to an aromatic ring is 1. The SMILES string of the molecule is Nc1ncnc2c1ncn2[C@@H]1O[C@H]([Ra][OH])[C@@H](O)[C@H]1O. The maximum absolute atomic E-state index is 9.99. The summed E-state index contributed by atoms with van der Waals surface area (Å²) in [7, 11) is 0. The van der Waals surface area contributed by atoms with Crippen LogP contribution in [0.5, 0.6) is 0 Å². The average molecular weight is 479 g/mol. The molecule has 1 fully saturated rings. The van der Waals surface area contributed by atoms with Crippen molar-refractivity contribution >= 4 is 17.0 Å². The van der Waals surface area contributed by atoms with Gasteiger partial charge in [-0.15, -0.1) is 0 Å². The molecular weight excluding hydrogens is 468 g/mol. The Balaban J connectivity index is 2.04. The summed E-state index contributed by atoms with van der Waals surface area (Å²) < 4.78 is 15.7. The molecular formula is C9H11N5O4Ra. The van der Waals surface area contributed by atoms with Crippen LogP contribution in [0.3, 0.4) is 0 Å². The van der Waals surface area contributed by atoms with Crippen molar-refractivity contribution in [3.05, 3.63) is 12.7 Å². The monoisotopic (exact) mass is 479 g/mol. The Labute approximate surface area is 130 Å². The third-order valence-corrected chi connectivity index (χ3v) is 7.43. The van der Waals surface area contributed by atoms with Gasteiger partial charge >= 0.3 is 132 Å². The molecule has 5 N–H and O–H groups in total. The molecule has 1 saturated heterocycles. The molecule has 10 heteroatoms. The molecule has 19 heavy (non-hydrogen) atoms. The predicted molar refractivity (Wildman–Crippen MR) is 57.9 cm³/mol. The fourth-order valence-corrected chi connectivity index (χ4v) is 5.36. The summed E-state index contributed by atoms with van der Waals surface area (Å²) in [4.78, 5) is 11.9. The van der Waals surface area contributed by atoms with E-state index in [0.29, 0.717) is 11.2 Å². The quantitative estimate of drug-likeness (QED) is 0.387. The van der Waals surface area contributed by atoms with E-state index in [1.165, 1.54) is 17.2 Å². The van der Waals surface area contributed by atoms with E-state index in [2.05, 4.69) is 15.0 Å². The Bertz CT molecular complexity index is 607. The van der Waals surface area contributed by atoms with Crippen LogP contribution in [0.25, 0.3) is 11.2 Å². The number of aromatic nitrogens is 4. The normalized spacial score (nSPS) is 30.7. The second-order valence-electron chi connectivity index (χ2n) is 4.31. The fraction of sp³-hybridized carbons (Fsp3) is 0.444. The van der Waals surface area contributed by atoms with Crippen LogP contribution in [0, 0.1) is 41.2 Å². The van der Waals surface area contributed by atoms with Gasteiger partial charge in [-0.2, -0.15) is 0 Å². The van der Waals surface area contributed by atoms with Crippen LogP contribution in [0.4, 0.5) is 5.82 Å². The number of rotatable bonds is 2. The number of fused-ring (bicyclic) bond motifs is 1. The number of aliphatic hydroxyl groups excluding tert-OH is 2. The summed E-state index contributed by atoms with van der Waals surface area (Å²) in [5.74, 6) is 0.232. The van der Waals surface area contributed by atoms with Crippen LogP contribution >= 0.6 is 0 Å². The molecule has 1 aliphatic heterocycles. The first-order chi connectivity index (χ1) is 9.13. The Kier molecular flexibility index (Phi) is 3.74. The number of imidazole rings is 1. The van der Waals surface area contributed by atoms with Crippen molar-refractivity contribution in [3.63, 3.8) is 0 Å². The van der Waals surface area contributed by atoms with E-state index in [1.807, 2.05) is 0 Å². The van der Waals surface area contributed by atoms with Gasteiger partial charge in [-0.3, -0.25) is 0 Å². The van der Waals surface area contributed by atoms with E-state index in [1.54, 1.807) is 0 Å². The Morgan fingerprint density at radius 1 is 1.26 bits per heavy atom. The van der Waals surface area contributed by atoms with Crippen molar-refractivity contribution in [2.45, 2.75) is 19.6 Å². The number of nitrogens with zero attached hydrogens (tertiary/aromatic N) is 4. The zero-order valence-corrected chi connectivity index (χ0v) is 15.6. The molecule has 3 rings (SSSR count). The minimum absolute atomic E-state index is 0.232. The summed E-state index contributed by atoms with van der Waals surface area (Å²) in [5, 5.41) is 19.8. The zero-order chi connectivity index (χ0) is 13.6. The number of aliphatic hydroxyl groups is 2. The van der Waals surface area contributed by atoms with Gasteiger partial charge in [0.05, 0.1) is 0 Å². The van der Waals surface area contributed by atoms with Gasteiger partial charge in [-0.1, -0.05) is 0 Å². The molecule has 0 radical (unpaired) electrons. The maximum atomic E-state index is 9.99. The molecule has 0 bridgehead atoms. The molecule has 98 valence electrons. The zero-order valence-electron chi connectivity index (χ0n) is 9.79. The number of hydrogen-bond acceptors (Lipinski definition) is 8. The van der Waals surface area contributed by atoms with Crippen molar-refractivity contribution in [2.75, 3.05) is 5.73 Å². The Morgan fingerprint density at radius 2 is 2.05 bits per heavy atom. The van der Waals surface area contributed by atoms with Gasteiger partial charge < -0.3 is 0 Å². The van der Waals surface area contributed by atoms with Gasteiger partial charge in [-0.25, -0.2) is 0 Å². The minimum atomic E-state index is -2.38. The molecule has 0 saturated carbocycles. The van der Waals surface area contributed by atoms with Crippen LogP contribution in [0.15, 0.2) is 12.7 Å². The number of nitrogens with two attached hydrogens (primary N) is 1. The number of anilines is 1. The van der Waals surface area contributed by atoms with E-state index in [0.717, 1.165) is 0 Å². The number of hydrogen-bond donors (Lipinski definition) is 4. The third-order valence-electron chi connectivity index (χ3n) is 3.18. The second kappa shape index (κ2) is 5.21. The molecule has 1 aliphatic rings. The first kappa shape index (κ1) is 13.6. The molecule has 3 heterocycles. The van der Waals surface area contributed by atoms with Crippen molar-refractivity contribution in [2.24, 2.45) is 0 Å². The molecule has 9 nitrogen and oxygen atoms in total. The summed E-state index contributed by atoms with van der Waals surface area (Å²) in [5.41, 5.74) is 6.50. The molecule has 0 aliphatic carbocycles. The fourth-order valence-electron chi connectivity index (χ4n) is 2.17. The van der Waals surface area contributed by atoms with Gasteiger partial charge in [0.1, 0.15) is 0 Å². The third kappa shape index (κ3) is 2.17. The summed E-state index contributed by atoms with van der Waals surface area (Å²) in [6.07, 6.45) is -0.316. The molecule has 4 atom stereocenters. The van der Waals surface area contributed by atoms with Gasteiger partial charge in [0.25, 0.3) is 0 Å². The first-order valence-electron chi connectivity index (χ1n) is 5.69. The summed E-state index contributed by atoms with van der Waals surface area (Å²) in [6.45, 7) is 0. The van der Waals surface area contributed by atoms with Crippen LogP contribution in [-0.4, -0.2) is 44.0 Å². The van der Waals surface area contributed by atoms with Crippen molar-refractivity contribution in [1.29, 1.82) is 0 Å². The van der Waals surface area contributed by atoms with Crippen LogP contribution in [0.1, 0.15) is 6.23 Å². The molecule has 0 aromatic carbocycles. The topological polar surface area (TPSA) is 140 Å². The van der Waals surface area contributed by atoms with E-state index in [4.69, 9.17) is 10.5 Å². The van der Waals surface area contributed by atoms with E-state index in [-0.39, 0.29) is 5.82 Å². The van der Waals surface area contributed by atoms with Gasteiger partial charge in [0, 0.05) is 0 Å².